The van der Waals surface area contributed by atoms with Crippen LogP contribution in [-0.4, -0.2) is 10.7 Å². The van der Waals surface area contributed by atoms with Crippen molar-refractivity contribution in [1.29, 1.82) is 5.26 Å². The normalized spacial score (nSPS) is 27.8. The third-order valence-corrected chi connectivity index (χ3v) is 5.21. The van der Waals surface area contributed by atoms with E-state index in [2.05, 4.69) is 33.8 Å². The summed E-state index contributed by atoms with van der Waals surface area (Å²) in [5.74, 6) is 0.170. The van der Waals surface area contributed by atoms with Crippen LogP contribution in [0.15, 0.2) is 0 Å². The fourth-order valence-electron chi connectivity index (χ4n) is 2.95. The topological polar surface area (TPSA) is 44.0 Å². The van der Waals surface area contributed by atoms with Crippen molar-refractivity contribution >= 4 is 0 Å². The van der Waals surface area contributed by atoms with Crippen molar-refractivity contribution < 1.29 is 5.11 Å². The Kier molecular flexibility index (Phi) is 3.94. The zero-order valence-corrected chi connectivity index (χ0v) is 12.0. The molecule has 0 aliphatic heterocycles. The first kappa shape index (κ1) is 14.5. The summed E-state index contributed by atoms with van der Waals surface area (Å²) in [4.78, 5) is 0. The lowest BCUT2D eigenvalue weighted by atomic mass is 9.56. The van der Waals surface area contributed by atoms with E-state index in [1.807, 2.05) is 6.92 Å². The smallest absolute Gasteiger partial charge is 0.0860 e. The van der Waals surface area contributed by atoms with Crippen LogP contribution in [0, 0.1) is 28.1 Å². The number of rotatable bonds is 3. The first-order valence-corrected chi connectivity index (χ1v) is 6.84. The SMILES string of the molecule is CCC(C)C(C)(O)C1(C#N)CCC(C)(C)CC1. The molecule has 0 heterocycles. The minimum Gasteiger partial charge on any atom is -0.388 e. The van der Waals surface area contributed by atoms with Crippen molar-refractivity contribution in [2.75, 3.05) is 0 Å². The van der Waals surface area contributed by atoms with Gasteiger partial charge in [-0.05, 0) is 43.9 Å². The summed E-state index contributed by atoms with van der Waals surface area (Å²) in [6.45, 7) is 10.5. The second-order valence-electron chi connectivity index (χ2n) is 6.81. The van der Waals surface area contributed by atoms with E-state index in [0.29, 0.717) is 5.41 Å². The average molecular weight is 237 g/mol. The molecule has 1 aliphatic rings. The van der Waals surface area contributed by atoms with Crippen molar-refractivity contribution in [3.05, 3.63) is 0 Å². The monoisotopic (exact) mass is 237 g/mol. The van der Waals surface area contributed by atoms with E-state index in [4.69, 9.17) is 0 Å². The molecule has 0 aromatic heterocycles. The summed E-state index contributed by atoms with van der Waals surface area (Å²) in [6, 6.07) is 2.46. The second kappa shape index (κ2) is 4.61. The van der Waals surface area contributed by atoms with Crippen LogP contribution in [0.5, 0.6) is 0 Å². The fourth-order valence-corrected chi connectivity index (χ4v) is 2.95. The van der Waals surface area contributed by atoms with Gasteiger partial charge in [0.05, 0.1) is 17.1 Å². The molecule has 2 nitrogen and oxygen atoms in total. The molecule has 0 amide bonds. The molecule has 0 aromatic rings. The number of aliphatic hydroxyl groups is 1. The minimum atomic E-state index is -0.868. The van der Waals surface area contributed by atoms with Crippen LogP contribution in [0.2, 0.25) is 0 Å². The van der Waals surface area contributed by atoms with Gasteiger partial charge in [0.1, 0.15) is 0 Å². The maximum absolute atomic E-state index is 10.8. The van der Waals surface area contributed by atoms with Crippen LogP contribution in [0.4, 0.5) is 0 Å². The van der Waals surface area contributed by atoms with Gasteiger partial charge in [0.15, 0.2) is 0 Å². The highest BCUT2D eigenvalue weighted by molar-refractivity contribution is 5.13. The Hall–Kier alpha value is -0.550. The van der Waals surface area contributed by atoms with Crippen LogP contribution < -0.4 is 0 Å². The van der Waals surface area contributed by atoms with Crippen LogP contribution in [0.1, 0.15) is 66.7 Å². The second-order valence-corrected chi connectivity index (χ2v) is 6.81. The quantitative estimate of drug-likeness (QED) is 0.809. The van der Waals surface area contributed by atoms with E-state index in [1.165, 1.54) is 0 Å². The summed E-state index contributed by atoms with van der Waals surface area (Å²) < 4.78 is 0. The molecule has 2 unspecified atom stereocenters. The Bertz CT molecular complexity index is 301. The molecule has 98 valence electrons. The van der Waals surface area contributed by atoms with E-state index >= 15 is 0 Å². The van der Waals surface area contributed by atoms with E-state index in [0.717, 1.165) is 32.1 Å². The molecule has 1 N–H and O–H groups in total. The van der Waals surface area contributed by atoms with E-state index in [-0.39, 0.29) is 5.92 Å². The Morgan fingerprint density at radius 1 is 1.29 bits per heavy atom. The number of hydrogen-bond acceptors (Lipinski definition) is 2. The number of nitrogens with zero attached hydrogens (tertiary/aromatic N) is 1. The van der Waals surface area contributed by atoms with Gasteiger partial charge in [-0.2, -0.15) is 5.26 Å². The largest absolute Gasteiger partial charge is 0.388 e. The fraction of sp³-hybridized carbons (Fsp3) is 0.933. The van der Waals surface area contributed by atoms with Gasteiger partial charge in [-0.25, -0.2) is 0 Å². The van der Waals surface area contributed by atoms with Crippen molar-refractivity contribution in [1.82, 2.24) is 0 Å². The Balaban J connectivity index is 2.96. The minimum absolute atomic E-state index is 0.170. The molecule has 2 heteroatoms. The van der Waals surface area contributed by atoms with Crippen LogP contribution in [0.25, 0.3) is 0 Å². The van der Waals surface area contributed by atoms with Crippen molar-refractivity contribution in [2.45, 2.75) is 72.3 Å². The predicted octanol–water partition coefficient (Wildman–Crippen LogP) is 3.89. The lowest BCUT2D eigenvalue weighted by Gasteiger charge is -2.49. The highest BCUT2D eigenvalue weighted by Gasteiger charge is 2.52. The molecule has 1 saturated carbocycles. The zero-order valence-electron chi connectivity index (χ0n) is 12.0. The van der Waals surface area contributed by atoms with Gasteiger partial charge in [-0.15, -0.1) is 0 Å². The van der Waals surface area contributed by atoms with Crippen LogP contribution in [0.3, 0.4) is 0 Å². The Labute approximate surface area is 106 Å². The van der Waals surface area contributed by atoms with Crippen LogP contribution >= 0.6 is 0 Å². The van der Waals surface area contributed by atoms with Gasteiger partial charge in [-0.1, -0.05) is 34.1 Å². The predicted molar refractivity (Wildman–Crippen MR) is 70.4 cm³/mol. The summed E-state index contributed by atoms with van der Waals surface area (Å²) in [7, 11) is 0. The highest BCUT2D eigenvalue weighted by Crippen LogP contribution is 2.52. The van der Waals surface area contributed by atoms with Gasteiger partial charge >= 0.3 is 0 Å². The van der Waals surface area contributed by atoms with Crippen molar-refractivity contribution in [2.24, 2.45) is 16.7 Å². The van der Waals surface area contributed by atoms with Crippen LogP contribution in [-0.2, 0) is 0 Å². The molecule has 1 rings (SSSR count). The summed E-state index contributed by atoms with van der Waals surface area (Å²) in [5.41, 5.74) is -1.09. The molecule has 0 radical (unpaired) electrons. The molecule has 1 aliphatic carbocycles. The van der Waals surface area contributed by atoms with Gasteiger partial charge in [0.2, 0.25) is 0 Å². The van der Waals surface area contributed by atoms with Gasteiger partial charge in [0, 0.05) is 0 Å². The summed E-state index contributed by atoms with van der Waals surface area (Å²) in [5, 5.41) is 20.4. The Morgan fingerprint density at radius 2 is 1.76 bits per heavy atom. The first-order valence-electron chi connectivity index (χ1n) is 6.84. The van der Waals surface area contributed by atoms with E-state index < -0.39 is 11.0 Å². The zero-order chi connectivity index (χ0) is 13.3. The summed E-state index contributed by atoms with van der Waals surface area (Å²) >= 11 is 0. The molecule has 0 saturated heterocycles. The van der Waals surface area contributed by atoms with E-state index in [1.54, 1.807) is 0 Å². The molecule has 1 fully saturated rings. The highest BCUT2D eigenvalue weighted by atomic mass is 16.3. The molecule has 0 spiro atoms. The number of nitriles is 1. The molecule has 0 aromatic carbocycles. The standard InChI is InChI=1S/C15H27NO/c1-6-12(2)14(5,17)15(11-16)9-7-13(3,4)8-10-15/h12,17H,6-10H2,1-5H3. The maximum Gasteiger partial charge on any atom is 0.0860 e. The van der Waals surface area contributed by atoms with Crippen molar-refractivity contribution in [3.8, 4) is 6.07 Å². The average Bonchev–Trinajstić information content (AvgIpc) is 2.28. The molecule has 17 heavy (non-hydrogen) atoms. The molecular weight excluding hydrogens is 210 g/mol. The van der Waals surface area contributed by atoms with Gasteiger partial charge in [0.25, 0.3) is 0 Å². The van der Waals surface area contributed by atoms with Gasteiger partial charge in [-0.3, -0.25) is 0 Å². The molecule has 0 bridgehead atoms. The Morgan fingerprint density at radius 3 is 2.12 bits per heavy atom. The lowest BCUT2D eigenvalue weighted by molar-refractivity contribution is -0.108. The first-order chi connectivity index (χ1) is 7.71. The molecular formula is C15H27NO. The lowest BCUT2D eigenvalue weighted by Crippen LogP contribution is -2.52. The number of hydrogen-bond donors (Lipinski definition) is 1. The van der Waals surface area contributed by atoms with Gasteiger partial charge < -0.3 is 5.11 Å². The molecule has 2 atom stereocenters. The maximum atomic E-state index is 10.8. The third kappa shape index (κ3) is 2.50. The van der Waals surface area contributed by atoms with E-state index in [9.17, 15) is 10.4 Å². The van der Waals surface area contributed by atoms with Crippen molar-refractivity contribution in [3.63, 3.8) is 0 Å². The third-order valence-electron chi connectivity index (χ3n) is 5.21. The summed E-state index contributed by atoms with van der Waals surface area (Å²) in [6.07, 6.45) is 4.64.